The van der Waals surface area contributed by atoms with E-state index in [2.05, 4.69) is 5.32 Å². The van der Waals surface area contributed by atoms with Crippen LogP contribution in [0.1, 0.15) is 18.1 Å². The molecule has 0 aliphatic carbocycles. The van der Waals surface area contributed by atoms with Crippen molar-refractivity contribution >= 4 is 38.8 Å². The van der Waals surface area contributed by atoms with Crippen LogP contribution < -0.4 is 21.9 Å². The van der Waals surface area contributed by atoms with Crippen LogP contribution in [0.5, 0.6) is 0 Å². The van der Waals surface area contributed by atoms with Crippen LogP contribution >= 0.6 is 11.6 Å². The van der Waals surface area contributed by atoms with Gasteiger partial charge in [0, 0.05) is 33.7 Å². The number of halogens is 1. The largest absolute Gasteiger partial charge is 0.404 e. The third-order valence-corrected chi connectivity index (χ3v) is 5.07. The lowest BCUT2D eigenvalue weighted by Gasteiger charge is -2.13. The third-order valence-electron chi connectivity index (χ3n) is 3.75. The Balaban J connectivity index is 2.36. The minimum Gasteiger partial charge on any atom is -0.404 e. The molecular weight excluding hydrogens is 400 g/mol. The minimum absolute atomic E-state index is 0.0369. The monoisotopic (exact) mass is 420 g/mol. The van der Waals surface area contributed by atoms with Crippen LogP contribution in [0.2, 0.25) is 5.02 Å². The number of carbonyl (C=O) groups is 1. The number of sulfonamides is 1. The third kappa shape index (κ3) is 5.59. The normalized spacial score (nSPS) is 12.7. The molecule has 0 aliphatic heterocycles. The van der Waals surface area contributed by atoms with Gasteiger partial charge in [0.2, 0.25) is 15.9 Å². The first-order valence-electron chi connectivity index (χ1n) is 8.18. The maximum Gasteiger partial charge on any atom is 0.238 e. The van der Waals surface area contributed by atoms with Gasteiger partial charge in [-0.05, 0) is 36.8 Å². The van der Waals surface area contributed by atoms with Crippen molar-refractivity contribution in [2.45, 2.75) is 18.2 Å². The predicted octanol–water partition coefficient (Wildman–Crippen LogP) is 2.33. The van der Waals surface area contributed by atoms with Gasteiger partial charge < -0.3 is 16.8 Å². The fraction of sp³-hybridized carbons (Fsp3) is 0.105. The molecule has 0 aliphatic rings. The molecule has 0 heterocycles. The maximum atomic E-state index is 12.3. The smallest absolute Gasteiger partial charge is 0.238 e. The van der Waals surface area contributed by atoms with E-state index in [1.165, 1.54) is 24.4 Å². The van der Waals surface area contributed by atoms with Gasteiger partial charge in [0.05, 0.1) is 11.3 Å². The molecule has 0 unspecified atom stereocenters. The van der Waals surface area contributed by atoms with Crippen LogP contribution in [-0.4, -0.2) is 14.3 Å². The minimum atomic E-state index is -4.09. The molecule has 0 bridgehead atoms. The Kier molecular flexibility index (Phi) is 6.85. The molecule has 148 valence electrons. The first-order valence-corrected chi connectivity index (χ1v) is 10.1. The van der Waals surface area contributed by atoms with Gasteiger partial charge in [0.1, 0.15) is 0 Å². The highest BCUT2D eigenvalue weighted by molar-refractivity contribution is 7.89. The first-order chi connectivity index (χ1) is 13.1. The number of allylic oxidation sites excluding steroid dienone is 3. The van der Waals surface area contributed by atoms with Gasteiger partial charge in [-0.25, -0.2) is 13.6 Å². The molecule has 2 rings (SSSR count). The Labute approximate surface area is 168 Å². The summed E-state index contributed by atoms with van der Waals surface area (Å²) < 4.78 is 24.1. The number of nitrogens with one attached hydrogen (secondary N) is 1. The summed E-state index contributed by atoms with van der Waals surface area (Å²) in [6.45, 7) is 1.64. The van der Waals surface area contributed by atoms with Crippen LogP contribution in [0.3, 0.4) is 0 Å². The molecule has 7 N–H and O–H groups in total. The van der Waals surface area contributed by atoms with Crippen LogP contribution in [0.4, 0.5) is 5.69 Å². The molecular formula is C19H21ClN4O3S. The Morgan fingerprint density at radius 2 is 1.89 bits per heavy atom. The molecule has 0 radical (unpaired) electrons. The van der Waals surface area contributed by atoms with Gasteiger partial charge in [-0.15, -0.1) is 0 Å². The second kappa shape index (κ2) is 8.92. The molecule has 0 aromatic heterocycles. The number of hydrogen-bond donors (Lipinski definition) is 4. The van der Waals surface area contributed by atoms with E-state index in [0.29, 0.717) is 21.9 Å². The Morgan fingerprint density at radius 3 is 2.46 bits per heavy atom. The molecule has 0 fully saturated rings. The molecule has 0 spiro atoms. The highest BCUT2D eigenvalue weighted by Crippen LogP contribution is 2.27. The Morgan fingerprint density at radius 1 is 1.21 bits per heavy atom. The van der Waals surface area contributed by atoms with Gasteiger partial charge in [-0.2, -0.15) is 0 Å². The van der Waals surface area contributed by atoms with E-state index in [-0.39, 0.29) is 28.5 Å². The van der Waals surface area contributed by atoms with Crippen LogP contribution in [0.25, 0.3) is 5.57 Å². The molecule has 2 aromatic rings. The van der Waals surface area contributed by atoms with Crippen molar-refractivity contribution in [1.29, 1.82) is 0 Å². The number of carbonyl (C=O) groups excluding carboxylic acids is 1. The Bertz CT molecular complexity index is 1060. The van der Waals surface area contributed by atoms with E-state index in [1.807, 2.05) is 0 Å². The molecule has 1 amide bonds. The number of amides is 1. The topological polar surface area (TPSA) is 141 Å². The number of benzene rings is 2. The maximum absolute atomic E-state index is 12.3. The summed E-state index contributed by atoms with van der Waals surface area (Å²) in [5.41, 5.74) is 13.3. The number of rotatable bonds is 6. The van der Waals surface area contributed by atoms with Crippen LogP contribution in [-0.2, 0) is 21.2 Å². The van der Waals surface area contributed by atoms with Gasteiger partial charge in [-0.3, -0.25) is 4.79 Å². The summed E-state index contributed by atoms with van der Waals surface area (Å²) >= 11 is 6.06. The average Bonchev–Trinajstić information content (AvgIpc) is 2.61. The lowest BCUT2D eigenvalue weighted by atomic mass is 10.0. The van der Waals surface area contributed by atoms with Gasteiger partial charge in [0.15, 0.2) is 0 Å². The van der Waals surface area contributed by atoms with Crippen molar-refractivity contribution in [3.63, 3.8) is 0 Å². The number of anilines is 1. The van der Waals surface area contributed by atoms with Gasteiger partial charge in [-0.1, -0.05) is 35.9 Å². The van der Waals surface area contributed by atoms with Crippen molar-refractivity contribution in [2.75, 3.05) is 5.32 Å². The predicted molar refractivity (Wildman–Crippen MR) is 112 cm³/mol. The van der Waals surface area contributed by atoms with Crippen molar-refractivity contribution in [1.82, 2.24) is 0 Å². The SMILES string of the molecule is C/C(N)=C/C(=C\N)c1ccc(NC(=O)Cc2ccccc2Cl)cc1S(N)(=O)=O. The summed E-state index contributed by atoms with van der Waals surface area (Å²) in [7, 11) is -4.09. The first kappa shape index (κ1) is 21.5. The summed E-state index contributed by atoms with van der Waals surface area (Å²) in [5.74, 6) is -0.353. The highest BCUT2D eigenvalue weighted by Gasteiger charge is 2.18. The molecule has 28 heavy (non-hydrogen) atoms. The summed E-state index contributed by atoms with van der Waals surface area (Å²) in [5, 5.41) is 8.46. The van der Waals surface area contributed by atoms with E-state index in [9.17, 15) is 13.2 Å². The molecule has 0 saturated heterocycles. The second-order valence-corrected chi connectivity index (χ2v) is 8.02. The average molecular weight is 421 g/mol. The zero-order chi connectivity index (χ0) is 20.9. The van der Waals surface area contributed by atoms with Crippen molar-refractivity contribution in [3.8, 4) is 0 Å². The molecule has 0 atom stereocenters. The van der Waals surface area contributed by atoms with E-state index >= 15 is 0 Å². The van der Waals surface area contributed by atoms with E-state index in [4.69, 9.17) is 28.2 Å². The zero-order valence-electron chi connectivity index (χ0n) is 15.1. The molecule has 7 nitrogen and oxygen atoms in total. The lowest BCUT2D eigenvalue weighted by molar-refractivity contribution is -0.115. The fourth-order valence-electron chi connectivity index (χ4n) is 2.55. The summed E-state index contributed by atoms with van der Waals surface area (Å²) in [4.78, 5) is 12.1. The zero-order valence-corrected chi connectivity index (χ0v) is 16.7. The quantitative estimate of drug-likeness (QED) is 0.530. The van der Waals surface area contributed by atoms with Crippen LogP contribution in [0, 0.1) is 0 Å². The lowest BCUT2D eigenvalue weighted by Crippen LogP contribution is -2.18. The standard InChI is InChI=1S/C19H21ClN4O3S/c1-12(22)8-14(11-21)16-7-6-15(10-18(16)28(23,26)27)24-19(25)9-13-4-2-3-5-17(13)20/h2-8,10-11H,9,21-22H2,1H3,(H,24,25)(H2,23,26,27)/b12-8-,14-11+. The van der Waals surface area contributed by atoms with E-state index in [0.717, 1.165) is 0 Å². The number of hydrogen-bond acceptors (Lipinski definition) is 5. The molecule has 0 saturated carbocycles. The fourth-order valence-corrected chi connectivity index (χ4v) is 3.54. The van der Waals surface area contributed by atoms with Crippen molar-refractivity contribution in [3.05, 3.63) is 76.6 Å². The van der Waals surface area contributed by atoms with Crippen molar-refractivity contribution in [2.24, 2.45) is 16.6 Å². The molecule has 9 heteroatoms. The van der Waals surface area contributed by atoms with E-state index in [1.54, 1.807) is 37.3 Å². The van der Waals surface area contributed by atoms with Gasteiger partial charge >= 0.3 is 0 Å². The Hall–Kier alpha value is -2.81. The number of primary sulfonamides is 1. The summed E-state index contributed by atoms with van der Waals surface area (Å²) in [6, 6.07) is 11.3. The second-order valence-electron chi connectivity index (χ2n) is 6.08. The highest BCUT2D eigenvalue weighted by atomic mass is 35.5. The van der Waals surface area contributed by atoms with Crippen molar-refractivity contribution < 1.29 is 13.2 Å². The summed E-state index contributed by atoms with van der Waals surface area (Å²) in [6.07, 6.45) is 2.80. The molecule has 2 aromatic carbocycles. The van der Waals surface area contributed by atoms with E-state index < -0.39 is 10.0 Å². The van der Waals surface area contributed by atoms with Gasteiger partial charge in [0.25, 0.3) is 0 Å². The van der Waals surface area contributed by atoms with Crippen LogP contribution in [0.15, 0.2) is 65.3 Å². The number of nitrogens with two attached hydrogens (primary N) is 3.